The predicted molar refractivity (Wildman–Crippen MR) is 125 cm³/mol. The number of hydrogen-bond acceptors (Lipinski definition) is 4. The Morgan fingerprint density at radius 2 is 1.83 bits per heavy atom. The zero-order valence-corrected chi connectivity index (χ0v) is 18.5. The Morgan fingerprint density at radius 3 is 2.55 bits per heavy atom. The third-order valence-corrected chi connectivity index (χ3v) is 6.23. The molecule has 4 rings (SSSR count). The van der Waals surface area contributed by atoms with Crippen LogP contribution in [0.5, 0.6) is 0 Å². The summed E-state index contributed by atoms with van der Waals surface area (Å²) in [4.78, 5) is 14.9. The number of aromatic nitrogens is 2. The molecule has 2 aromatic carbocycles. The first-order chi connectivity index (χ1) is 14.1. The number of halogens is 1. The molecule has 3 aromatic rings. The molecule has 1 N–H and O–H groups in total. The highest BCUT2D eigenvalue weighted by molar-refractivity contribution is 14.1. The summed E-state index contributed by atoms with van der Waals surface area (Å²) in [5.41, 5.74) is 3.13. The lowest BCUT2D eigenvalue weighted by molar-refractivity contribution is 0.102. The van der Waals surface area contributed by atoms with Crippen molar-refractivity contribution >= 4 is 40.0 Å². The van der Waals surface area contributed by atoms with E-state index in [4.69, 9.17) is 0 Å². The van der Waals surface area contributed by atoms with E-state index in [9.17, 15) is 4.79 Å². The van der Waals surface area contributed by atoms with Crippen LogP contribution in [0.15, 0.2) is 60.7 Å². The molecule has 0 saturated carbocycles. The van der Waals surface area contributed by atoms with Crippen LogP contribution in [0.25, 0.3) is 11.3 Å². The molecule has 148 valence electrons. The minimum absolute atomic E-state index is 0.118. The summed E-state index contributed by atoms with van der Waals surface area (Å²) < 4.78 is 0.923. The Hall–Kier alpha value is -2.48. The molecule has 5 nitrogen and oxygen atoms in total. The molecular formula is C23H23IN4O. The van der Waals surface area contributed by atoms with Crippen LogP contribution in [0.4, 0.5) is 11.5 Å². The van der Waals surface area contributed by atoms with Crippen molar-refractivity contribution in [2.24, 2.45) is 5.92 Å². The minimum Gasteiger partial charge on any atom is -0.355 e. The van der Waals surface area contributed by atoms with Gasteiger partial charge in [-0.1, -0.05) is 31.2 Å². The maximum absolute atomic E-state index is 12.6. The fraction of sp³-hybridized carbons (Fsp3) is 0.261. The van der Waals surface area contributed by atoms with Crippen LogP contribution >= 0.6 is 22.6 Å². The summed E-state index contributed by atoms with van der Waals surface area (Å²) >= 11 is 2.17. The second-order valence-corrected chi connectivity index (χ2v) is 8.62. The van der Waals surface area contributed by atoms with Crippen molar-refractivity contribution in [3.63, 3.8) is 0 Å². The van der Waals surface area contributed by atoms with Gasteiger partial charge in [0.1, 0.15) is 0 Å². The van der Waals surface area contributed by atoms with E-state index >= 15 is 0 Å². The number of nitrogens with one attached hydrogen (secondary N) is 1. The molecule has 29 heavy (non-hydrogen) atoms. The molecular weight excluding hydrogens is 475 g/mol. The average molecular weight is 498 g/mol. The first kappa shape index (κ1) is 19.8. The number of carbonyl (C=O) groups is 1. The lowest BCUT2D eigenvalue weighted by Gasteiger charge is -2.30. The molecule has 1 saturated heterocycles. The predicted octanol–water partition coefficient (Wildman–Crippen LogP) is 5.24. The quantitative estimate of drug-likeness (QED) is 0.501. The molecule has 0 radical (unpaired) electrons. The van der Waals surface area contributed by atoms with Crippen LogP contribution in [0.3, 0.4) is 0 Å². The smallest absolute Gasteiger partial charge is 0.256 e. The normalized spacial score (nSPS) is 14.6. The van der Waals surface area contributed by atoms with Gasteiger partial charge >= 0.3 is 0 Å². The number of carbonyl (C=O) groups excluding carboxylic acids is 1. The fourth-order valence-electron chi connectivity index (χ4n) is 3.49. The lowest BCUT2D eigenvalue weighted by Crippen LogP contribution is -2.33. The van der Waals surface area contributed by atoms with Crippen LogP contribution < -0.4 is 10.2 Å². The van der Waals surface area contributed by atoms with Gasteiger partial charge in [0.25, 0.3) is 5.91 Å². The fourth-order valence-corrected chi connectivity index (χ4v) is 4.12. The molecule has 0 unspecified atom stereocenters. The van der Waals surface area contributed by atoms with Gasteiger partial charge < -0.3 is 10.2 Å². The van der Waals surface area contributed by atoms with Gasteiger partial charge in [-0.15, -0.1) is 10.2 Å². The second-order valence-electron chi connectivity index (χ2n) is 7.46. The highest BCUT2D eigenvalue weighted by Gasteiger charge is 2.17. The summed E-state index contributed by atoms with van der Waals surface area (Å²) in [6, 6.07) is 19.3. The van der Waals surface area contributed by atoms with Crippen LogP contribution in [0.1, 0.15) is 30.1 Å². The van der Waals surface area contributed by atoms with Crippen molar-refractivity contribution in [2.45, 2.75) is 19.8 Å². The van der Waals surface area contributed by atoms with E-state index in [0.29, 0.717) is 5.56 Å². The molecule has 0 bridgehead atoms. The lowest BCUT2D eigenvalue weighted by atomic mass is 9.99. The summed E-state index contributed by atoms with van der Waals surface area (Å²) in [6.07, 6.45) is 2.40. The topological polar surface area (TPSA) is 58.1 Å². The molecule has 0 spiro atoms. The van der Waals surface area contributed by atoms with E-state index in [-0.39, 0.29) is 5.91 Å². The van der Waals surface area contributed by atoms with Gasteiger partial charge in [0.2, 0.25) is 0 Å². The maximum Gasteiger partial charge on any atom is 0.256 e. The third-order valence-electron chi connectivity index (χ3n) is 5.29. The minimum atomic E-state index is -0.118. The number of anilines is 2. The van der Waals surface area contributed by atoms with E-state index in [2.05, 4.69) is 49.9 Å². The zero-order chi connectivity index (χ0) is 20.2. The molecule has 1 aliphatic rings. The number of rotatable bonds is 4. The van der Waals surface area contributed by atoms with Crippen molar-refractivity contribution in [1.82, 2.24) is 10.2 Å². The molecule has 1 amide bonds. The average Bonchev–Trinajstić information content (AvgIpc) is 2.75. The first-order valence-electron chi connectivity index (χ1n) is 9.85. The first-order valence-corrected chi connectivity index (χ1v) is 10.9. The van der Waals surface area contributed by atoms with Gasteiger partial charge in [0, 0.05) is 27.9 Å². The Bertz CT molecular complexity index is 998. The molecule has 6 heteroatoms. The number of piperidine rings is 1. The van der Waals surface area contributed by atoms with Gasteiger partial charge in [-0.05, 0) is 77.7 Å². The van der Waals surface area contributed by atoms with Crippen molar-refractivity contribution in [3.05, 3.63) is 69.8 Å². The summed E-state index contributed by atoms with van der Waals surface area (Å²) in [5, 5.41) is 11.8. The second kappa shape index (κ2) is 8.90. The standard InChI is InChI=1S/C23H23IN4O/c1-16-11-13-28(14-12-16)22-10-9-21(26-27-22)17-5-4-6-18(15-17)25-23(29)19-7-2-3-8-20(19)24/h2-10,15-16H,11-14H2,1H3,(H,25,29). The number of hydrogen-bond donors (Lipinski definition) is 1. The van der Waals surface area contributed by atoms with Gasteiger partial charge in [0.15, 0.2) is 5.82 Å². The largest absolute Gasteiger partial charge is 0.355 e. The molecule has 2 heterocycles. The molecule has 1 aliphatic heterocycles. The van der Waals surface area contributed by atoms with Crippen LogP contribution in [0, 0.1) is 9.49 Å². The Balaban J connectivity index is 1.48. The molecule has 1 fully saturated rings. The van der Waals surface area contributed by atoms with E-state index in [1.54, 1.807) is 0 Å². The van der Waals surface area contributed by atoms with Gasteiger partial charge in [-0.25, -0.2) is 0 Å². The van der Waals surface area contributed by atoms with Crippen molar-refractivity contribution in [3.8, 4) is 11.3 Å². The zero-order valence-electron chi connectivity index (χ0n) is 16.3. The summed E-state index contributed by atoms with van der Waals surface area (Å²) in [7, 11) is 0. The van der Waals surface area contributed by atoms with Gasteiger partial charge in [-0.3, -0.25) is 4.79 Å². The number of amides is 1. The van der Waals surface area contributed by atoms with Crippen molar-refractivity contribution in [2.75, 3.05) is 23.3 Å². The number of nitrogens with zero attached hydrogens (tertiary/aromatic N) is 3. The summed E-state index contributed by atoms with van der Waals surface area (Å²) in [5.74, 6) is 1.60. The van der Waals surface area contributed by atoms with Crippen LogP contribution in [-0.4, -0.2) is 29.2 Å². The highest BCUT2D eigenvalue weighted by Crippen LogP contribution is 2.25. The Labute approximate surface area is 184 Å². The molecule has 0 atom stereocenters. The molecule has 1 aromatic heterocycles. The molecule has 0 aliphatic carbocycles. The third kappa shape index (κ3) is 4.75. The summed E-state index contributed by atoms with van der Waals surface area (Å²) in [6.45, 7) is 4.38. The van der Waals surface area contributed by atoms with Gasteiger partial charge in [-0.2, -0.15) is 0 Å². The maximum atomic E-state index is 12.6. The Morgan fingerprint density at radius 1 is 1.03 bits per heavy atom. The van der Waals surface area contributed by atoms with Crippen LogP contribution in [0.2, 0.25) is 0 Å². The van der Waals surface area contributed by atoms with Gasteiger partial charge in [0.05, 0.1) is 11.3 Å². The van der Waals surface area contributed by atoms with Crippen molar-refractivity contribution < 1.29 is 4.79 Å². The monoisotopic (exact) mass is 498 g/mol. The Kier molecular flexibility index (Phi) is 6.08. The van der Waals surface area contributed by atoms with E-state index in [1.807, 2.05) is 60.7 Å². The van der Waals surface area contributed by atoms with E-state index in [0.717, 1.165) is 45.3 Å². The van der Waals surface area contributed by atoms with Crippen molar-refractivity contribution in [1.29, 1.82) is 0 Å². The SMILES string of the molecule is CC1CCN(c2ccc(-c3cccc(NC(=O)c4ccccc4I)c3)nn2)CC1. The van der Waals surface area contributed by atoms with Crippen LogP contribution in [-0.2, 0) is 0 Å². The number of benzene rings is 2. The van der Waals surface area contributed by atoms with E-state index in [1.165, 1.54) is 12.8 Å². The highest BCUT2D eigenvalue weighted by atomic mass is 127. The van der Waals surface area contributed by atoms with E-state index < -0.39 is 0 Å².